The standard InChI is InChI=1S/C19H28N2O2/c1-19(2,3)23-18(22)21-17-11-9-16(10-12-17)20-14-13-15-7-5-4-6-8-15/h7,9-12,20H,4-6,8,13-14H2,1-3H3,(H,21,22). The molecule has 4 heteroatoms. The lowest BCUT2D eigenvalue weighted by atomic mass is 9.97. The molecule has 126 valence electrons. The number of hydrogen-bond donors (Lipinski definition) is 2. The summed E-state index contributed by atoms with van der Waals surface area (Å²) in [5.41, 5.74) is 2.89. The van der Waals surface area contributed by atoms with Crippen LogP contribution in [0.4, 0.5) is 16.2 Å². The van der Waals surface area contributed by atoms with E-state index in [-0.39, 0.29) is 0 Å². The number of amides is 1. The van der Waals surface area contributed by atoms with Crippen molar-refractivity contribution in [2.75, 3.05) is 17.2 Å². The summed E-state index contributed by atoms with van der Waals surface area (Å²) in [6.45, 7) is 6.49. The van der Waals surface area contributed by atoms with Crippen LogP contribution in [0.3, 0.4) is 0 Å². The molecule has 0 atom stereocenters. The normalized spacial score (nSPS) is 14.8. The molecule has 0 aromatic heterocycles. The van der Waals surface area contributed by atoms with Crippen LogP contribution in [0.2, 0.25) is 0 Å². The topological polar surface area (TPSA) is 50.4 Å². The van der Waals surface area contributed by atoms with E-state index in [1.165, 1.54) is 25.7 Å². The molecular weight excluding hydrogens is 288 g/mol. The number of nitrogens with one attached hydrogen (secondary N) is 2. The first-order valence-corrected chi connectivity index (χ1v) is 8.44. The Bertz CT molecular complexity index is 541. The van der Waals surface area contributed by atoms with Gasteiger partial charge >= 0.3 is 6.09 Å². The van der Waals surface area contributed by atoms with Crippen LogP contribution < -0.4 is 10.6 Å². The fourth-order valence-corrected chi connectivity index (χ4v) is 2.59. The number of carbonyl (C=O) groups is 1. The fourth-order valence-electron chi connectivity index (χ4n) is 2.59. The molecule has 0 unspecified atom stereocenters. The predicted octanol–water partition coefficient (Wildman–Crippen LogP) is 5.34. The third kappa shape index (κ3) is 6.76. The smallest absolute Gasteiger partial charge is 0.412 e. The first-order valence-electron chi connectivity index (χ1n) is 8.44. The third-order valence-electron chi connectivity index (χ3n) is 3.69. The minimum atomic E-state index is -0.487. The molecule has 0 heterocycles. The van der Waals surface area contributed by atoms with Gasteiger partial charge in [-0.2, -0.15) is 0 Å². The number of ether oxygens (including phenoxy) is 1. The maximum atomic E-state index is 11.7. The Morgan fingerprint density at radius 1 is 1.13 bits per heavy atom. The zero-order valence-corrected chi connectivity index (χ0v) is 14.4. The quantitative estimate of drug-likeness (QED) is 0.721. The van der Waals surface area contributed by atoms with Gasteiger partial charge in [0.15, 0.2) is 0 Å². The molecule has 0 saturated heterocycles. The van der Waals surface area contributed by atoms with Gasteiger partial charge in [0.25, 0.3) is 0 Å². The average Bonchev–Trinajstić information content (AvgIpc) is 2.48. The fraction of sp³-hybridized carbons (Fsp3) is 0.526. The second-order valence-electron chi connectivity index (χ2n) is 6.99. The van der Waals surface area contributed by atoms with Crippen molar-refractivity contribution in [3.05, 3.63) is 35.9 Å². The van der Waals surface area contributed by atoms with E-state index >= 15 is 0 Å². The molecule has 0 saturated carbocycles. The van der Waals surface area contributed by atoms with Crippen LogP contribution in [0.15, 0.2) is 35.9 Å². The molecule has 0 fully saturated rings. The molecule has 0 bridgehead atoms. The molecule has 2 rings (SSSR count). The first-order chi connectivity index (χ1) is 10.9. The van der Waals surface area contributed by atoms with E-state index in [9.17, 15) is 4.79 Å². The van der Waals surface area contributed by atoms with Gasteiger partial charge in [0, 0.05) is 17.9 Å². The van der Waals surface area contributed by atoms with Gasteiger partial charge in [-0.3, -0.25) is 5.32 Å². The monoisotopic (exact) mass is 316 g/mol. The summed E-state index contributed by atoms with van der Waals surface area (Å²) in [7, 11) is 0. The second kappa shape index (κ2) is 8.04. The summed E-state index contributed by atoms with van der Waals surface area (Å²) in [6, 6.07) is 7.71. The van der Waals surface area contributed by atoms with E-state index in [2.05, 4.69) is 16.7 Å². The first kappa shape index (κ1) is 17.4. The molecule has 4 nitrogen and oxygen atoms in total. The largest absolute Gasteiger partial charge is 0.444 e. The molecular formula is C19H28N2O2. The molecule has 1 amide bonds. The summed E-state index contributed by atoms with van der Waals surface area (Å²) < 4.78 is 5.23. The lowest BCUT2D eigenvalue weighted by molar-refractivity contribution is 0.0636. The summed E-state index contributed by atoms with van der Waals surface area (Å²) in [6.07, 6.45) is 8.22. The number of hydrogen-bond acceptors (Lipinski definition) is 3. The van der Waals surface area contributed by atoms with Crippen molar-refractivity contribution in [2.24, 2.45) is 0 Å². The Hall–Kier alpha value is -1.97. The van der Waals surface area contributed by atoms with Gasteiger partial charge in [0.05, 0.1) is 0 Å². The van der Waals surface area contributed by atoms with Gasteiger partial charge in [-0.25, -0.2) is 4.79 Å². The second-order valence-corrected chi connectivity index (χ2v) is 6.99. The highest BCUT2D eigenvalue weighted by atomic mass is 16.6. The van der Waals surface area contributed by atoms with Gasteiger partial charge in [-0.15, -0.1) is 0 Å². The Morgan fingerprint density at radius 3 is 2.43 bits per heavy atom. The summed E-state index contributed by atoms with van der Waals surface area (Å²) >= 11 is 0. The maximum absolute atomic E-state index is 11.7. The molecule has 1 aromatic rings. The average molecular weight is 316 g/mol. The Labute approximate surface area is 139 Å². The van der Waals surface area contributed by atoms with E-state index in [1.807, 2.05) is 45.0 Å². The van der Waals surface area contributed by atoms with Crippen molar-refractivity contribution in [1.82, 2.24) is 0 Å². The van der Waals surface area contributed by atoms with E-state index in [0.717, 1.165) is 24.3 Å². The summed E-state index contributed by atoms with van der Waals surface area (Å²) in [4.78, 5) is 11.7. The van der Waals surface area contributed by atoms with E-state index in [4.69, 9.17) is 4.74 Å². The van der Waals surface area contributed by atoms with Crippen LogP contribution in [0.1, 0.15) is 52.9 Å². The molecule has 23 heavy (non-hydrogen) atoms. The van der Waals surface area contributed by atoms with Crippen LogP contribution in [0.5, 0.6) is 0 Å². The molecule has 0 aliphatic heterocycles. The minimum Gasteiger partial charge on any atom is -0.444 e. The number of anilines is 2. The highest BCUT2D eigenvalue weighted by Crippen LogP contribution is 2.20. The summed E-state index contributed by atoms with van der Waals surface area (Å²) in [5, 5.41) is 6.16. The molecule has 2 N–H and O–H groups in total. The Kier molecular flexibility index (Phi) is 6.08. The third-order valence-corrected chi connectivity index (χ3v) is 3.69. The van der Waals surface area contributed by atoms with Crippen molar-refractivity contribution in [3.63, 3.8) is 0 Å². The van der Waals surface area contributed by atoms with Crippen LogP contribution in [-0.2, 0) is 4.74 Å². The number of rotatable bonds is 5. The lowest BCUT2D eigenvalue weighted by Gasteiger charge is -2.19. The van der Waals surface area contributed by atoms with E-state index in [1.54, 1.807) is 5.57 Å². The van der Waals surface area contributed by atoms with Crippen LogP contribution in [-0.4, -0.2) is 18.2 Å². The maximum Gasteiger partial charge on any atom is 0.412 e. The molecule has 1 aromatic carbocycles. The van der Waals surface area contributed by atoms with Crippen LogP contribution in [0, 0.1) is 0 Å². The van der Waals surface area contributed by atoms with Gasteiger partial charge < -0.3 is 10.1 Å². The summed E-state index contributed by atoms with van der Waals surface area (Å²) in [5.74, 6) is 0. The Morgan fingerprint density at radius 2 is 1.83 bits per heavy atom. The highest BCUT2D eigenvalue weighted by molar-refractivity contribution is 5.85. The van der Waals surface area contributed by atoms with E-state index in [0.29, 0.717) is 0 Å². The number of carbonyl (C=O) groups excluding carboxylic acids is 1. The molecule has 0 spiro atoms. The molecule has 1 aliphatic carbocycles. The molecule has 0 radical (unpaired) electrons. The Balaban J connectivity index is 1.75. The number of benzene rings is 1. The van der Waals surface area contributed by atoms with Crippen molar-refractivity contribution in [1.29, 1.82) is 0 Å². The predicted molar refractivity (Wildman–Crippen MR) is 96.0 cm³/mol. The van der Waals surface area contributed by atoms with Crippen molar-refractivity contribution < 1.29 is 9.53 Å². The van der Waals surface area contributed by atoms with E-state index < -0.39 is 11.7 Å². The zero-order chi connectivity index (χ0) is 16.7. The SMILES string of the molecule is CC(C)(C)OC(=O)Nc1ccc(NCCC2=CCCCC2)cc1. The van der Waals surface area contributed by atoms with Gasteiger partial charge in [-0.05, 0) is 77.1 Å². The lowest BCUT2D eigenvalue weighted by Crippen LogP contribution is -2.27. The number of allylic oxidation sites excluding steroid dienone is 1. The van der Waals surface area contributed by atoms with Crippen molar-refractivity contribution >= 4 is 17.5 Å². The van der Waals surface area contributed by atoms with Crippen LogP contribution >= 0.6 is 0 Å². The van der Waals surface area contributed by atoms with Crippen LogP contribution in [0.25, 0.3) is 0 Å². The van der Waals surface area contributed by atoms with Crippen molar-refractivity contribution in [2.45, 2.75) is 58.5 Å². The zero-order valence-electron chi connectivity index (χ0n) is 14.4. The van der Waals surface area contributed by atoms with Crippen molar-refractivity contribution in [3.8, 4) is 0 Å². The van der Waals surface area contributed by atoms with Gasteiger partial charge in [0.2, 0.25) is 0 Å². The van der Waals surface area contributed by atoms with Gasteiger partial charge in [-0.1, -0.05) is 11.6 Å². The highest BCUT2D eigenvalue weighted by Gasteiger charge is 2.16. The molecule has 1 aliphatic rings. The minimum absolute atomic E-state index is 0.428. The van der Waals surface area contributed by atoms with Gasteiger partial charge in [0.1, 0.15) is 5.60 Å².